The molecule has 39 heavy (non-hydrogen) atoms. The standard InChI is InChI=1S/C25H23F6N5O3/c1-12-20(14(3)39-34-12)18-10-32-22(35-5-4-6-35)33-19(18)11-36-13(2)21(38-23(36)37)15-7-16(24(26,27)28)9-17(8-15)25(29,30)31/h7-10,13,21H,4-6,11H2,1-3H3/t13-,21?/m0/s1. The molecule has 3 aromatic rings. The van der Waals surface area contributed by atoms with Crippen LogP contribution in [0.25, 0.3) is 11.1 Å². The molecule has 0 radical (unpaired) electrons. The first-order chi connectivity index (χ1) is 18.2. The Morgan fingerprint density at radius 2 is 1.67 bits per heavy atom. The second-order valence-corrected chi connectivity index (χ2v) is 9.58. The third kappa shape index (κ3) is 4.99. The molecule has 4 heterocycles. The SMILES string of the molecule is Cc1noc(C)c1-c1cnc(N2CCC2)nc1CN1C(=O)OC(c2cc(C(F)(F)F)cc(C(F)(F)F)c2)[C@@H]1C. The number of hydrogen-bond acceptors (Lipinski definition) is 7. The maximum atomic E-state index is 13.4. The monoisotopic (exact) mass is 555 g/mol. The van der Waals surface area contributed by atoms with Crippen LogP contribution in [0.2, 0.25) is 0 Å². The summed E-state index contributed by atoms with van der Waals surface area (Å²) in [6, 6.07) is 0.281. The van der Waals surface area contributed by atoms with Crippen molar-refractivity contribution in [1.82, 2.24) is 20.0 Å². The molecule has 0 bridgehead atoms. The molecule has 2 aliphatic heterocycles. The minimum atomic E-state index is -5.03. The van der Waals surface area contributed by atoms with Crippen molar-refractivity contribution in [1.29, 1.82) is 0 Å². The highest BCUT2D eigenvalue weighted by molar-refractivity contribution is 5.73. The summed E-state index contributed by atoms with van der Waals surface area (Å²) in [5, 5.41) is 3.96. The van der Waals surface area contributed by atoms with Gasteiger partial charge in [0.2, 0.25) is 5.95 Å². The van der Waals surface area contributed by atoms with E-state index in [-0.39, 0.29) is 12.6 Å². The van der Waals surface area contributed by atoms with Gasteiger partial charge in [-0.2, -0.15) is 26.3 Å². The van der Waals surface area contributed by atoms with Gasteiger partial charge in [-0.15, -0.1) is 0 Å². The van der Waals surface area contributed by atoms with Crippen LogP contribution in [-0.2, 0) is 23.6 Å². The van der Waals surface area contributed by atoms with Crippen molar-refractivity contribution in [2.45, 2.75) is 58.2 Å². The fourth-order valence-electron chi connectivity index (χ4n) is 4.74. The first-order valence-electron chi connectivity index (χ1n) is 12.0. The maximum Gasteiger partial charge on any atom is 0.416 e. The number of aryl methyl sites for hydroxylation is 2. The van der Waals surface area contributed by atoms with Crippen LogP contribution in [0.15, 0.2) is 28.9 Å². The number of rotatable bonds is 5. The normalized spacial score (nSPS) is 19.9. The Balaban J connectivity index is 1.51. The van der Waals surface area contributed by atoms with E-state index in [1.165, 1.54) is 11.8 Å². The molecule has 0 spiro atoms. The highest BCUT2D eigenvalue weighted by atomic mass is 19.4. The first-order valence-corrected chi connectivity index (χ1v) is 12.0. The van der Waals surface area contributed by atoms with Crippen LogP contribution in [0.4, 0.5) is 37.1 Å². The number of alkyl halides is 6. The van der Waals surface area contributed by atoms with Gasteiger partial charge in [0.15, 0.2) is 0 Å². The van der Waals surface area contributed by atoms with E-state index in [1.807, 2.05) is 4.90 Å². The highest BCUT2D eigenvalue weighted by Crippen LogP contribution is 2.41. The number of carbonyl (C=O) groups is 1. The summed E-state index contributed by atoms with van der Waals surface area (Å²) in [5.41, 5.74) is -1.23. The van der Waals surface area contributed by atoms with E-state index in [1.54, 1.807) is 20.0 Å². The molecule has 2 aliphatic rings. The average Bonchev–Trinajstić information content (AvgIpc) is 3.29. The van der Waals surface area contributed by atoms with Crippen molar-refractivity contribution >= 4 is 12.0 Å². The lowest BCUT2D eigenvalue weighted by Gasteiger charge is -2.31. The Bertz CT molecular complexity index is 1360. The molecule has 2 aromatic heterocycles. The van der Waals surface area contributed by atoms with E-state index >= 15 is 0 Å². The first kappa shape index (κ1) is 26.8. The van der Waals surface area contributed by atoms with E-state index < -0.39 is 47.3 Å². The molecule has 0 aliphatic carbocycles. The van der Waals surface area contributed by atoms with Crippen LogP contribution in [-0.4, -0.2) is 45.2 Å². The number of benzene rings is 1. The van der Waals surface area contributed by atoms with Gasteiger partial charge in [-0.05, 0) is 51.0 Å². The quantitative estimate of drug-likeness (QED) is 0.353. The molecule has 2 saturated heterocycles. The Kier molecular flexibility index (Phi) is 6.46. The molecule has 14 heteroatoms. The Hall–Kier alpha value is -3.84. The summed E-state index contributed by atoms with van der Waals surface area (Å²) in [6.07, 6.45) is -9.77. The minimum absolute atomic E-state index is 0.0385. The lowest BCUT2D eigenvalue weighted by atomic mass is 9.97. The molecule has 0 saturated carbocycles. The van der Waals surface area contributed by atoms with Crippen molar-refractivity contribution in [2.75, 3.05) is 18.0 Å². The van der Waals surface area contributed by atoms with Gasteiger partial charge < -0.3 is 14.2 Å². The van der Waals surface area contributed by atoms with Crippen LogP contribution in [0.1, 0.15) is 53.3 Å². The van der Waals surface area contributed by atoms with Gasteiger partial charge in [-0.3, -0.25) is 4.90 Å². The molecular weight excluding hydrogens is 532 g/mol. The van der Waals surface area contributed by atoms with E-state index in [2.05, 4.69) is 15.1 Å². The average molecular weight is 555 g/mol. The molecule has 0 N–H and O–H groups in total. The molecular formula is C25H23F6N5O3. The van der Waals surface area contributed by atoms with E-state index in [0.29, 0.717) is 46.4 Å². The number of cyclic esters (lactones) is 1. The number of nitrogens with zero attached hydrogens (tertiary/aromatic N) is 5. The van der Waals surface area contributed by atoms with Gasteiger partial charge in [0.1, 0.15) is 11.9 Å². The zero-order valence-corrected chi connectivity index (χ0v) is 21.0. The van der Waals surface area contributed by atoms with Crippen molar-refractivity contribution < 1.29 is 40.4 Å². The second-order valence-electron chi connectivity index (χ2n) is 9.58. The molecule has 5 rings (SSSR count). The Morgan fingerprint density at radius 3 is 2.18 bits per heavy atom. The third-order valence-corrected chi connectivity index (χ3v) is 6.95. The van der Waals surface area contributed by atoms with Crippen LogP contribution < -0.4 is 4.90 Å². The summed E-state index contributed by atoms with van der Waals surface area (Å²) in [5.74, 6) is 0.934. The number of aromatic nitrogens is 3. The molecule has 2 fully saturated rings. The Labute approximate surface area is 218 Å². The number of amides is 1. The molecule has 208 valence electrons. The predicted octanol–water partition coefficient (Wildman–Crippen LogP) is 6.08. The van der Waals surface area contributed by atoms with Crippen molar-refractivity contribution in [2.24, 2.45) is 0 Å². The topological polar surface area (TPSA) is 84.6 Å². The smallest absolute Gasteiger partial charge is 0.416 e. The summed E-state index contributed by atoms with van der Waals surface area (Å²) in [4.78, 5) is 25.2. The summed E-state index contributed by atoms with van der Waals surface area (Å²) < 4.78 is 91.2. The largest absolute Gasteiger partial charge is 0.439 e. The maximum absolute atomic E-state index is 13.4. The number of carbonyl (C=O) groups excluding carboxylic acids is 1. The highest BCUT2D eigenvalue weighted by Gasteiger charge is 2.43. The van der Waals surface area contributed by atoms with Gasteiger partial charge in [-0.1, -0.05) is 5.16 Å². The fraction of sp³-hybridized carbons (Fsp3) is 0.440. The minimum Gasteiger partial charge on any atom is -0.439 e. The lowest BCUT2D eigenvalue weighted by molar-refractivity contribution is -0.143. The molecule has 1 aromatic carbocycles. The van der Waals surface area contributed by atoms with Gasteiger partial charge in [0.05, 0.1) is 40.7 Å². The van der Waals surface area contributed by atoms with Crippen molar-refractivity contribution in [3.8, 4) is 11.1 Å². The molecule has 8 nitrogen and oxygen atoms in total. The zero-order valence-electron chi connectivity index (χ0n) is 21.0. The van der Waals surface area contributed by atoms with E-state index in [0.717, 1.165) is 19.5 Å². The van der Waals surface area contributed by atoms with Crippen molar-refractivity contribution in [3.63, 3.8) is 0 Å². The second kappa shape index (κ2) is 9.42. The van der Waals surface area contributed by atoms with Gasteiger partial charge in [0.25, 0.3) is 0 Å². The Morgan fingerprint density at radius 1 is 1.03 bits per heavy atom. The number of halogens is 6. The number of anilines is 1. The van der Waals surface area contributed by atoms with Gasteiger partial charge in [0, 0.05) is 24.8 Å². The lowest BCUT2D eigenvalue weighted by Crippen LogP contribution is -2.39. The van der Waals surface area contributed by atoms with E-state index in [4.69, 9.17) is 9.26 Å². The van der Waals surface area contributed by atoms with Crippen LogP contribution in [0, 0.1) is 13.8 Å². The van der Waals surface area contributed by atoms with Crippen LogP contribution in [0.5, 0.6) is 0 Å². The van der Waals surface area contributed by atoms with Crippen LogP contribution >= 0.6 is 0 Å². The van der Waals surface area contributed by atoms with Gasteiger partial charge in [-0.25, -0.2) is 14.8 Å². The zero-order chi connectivity index (χ0) is 28.3. The van der Waals surface area contributed by atoms with Gasteiger partial charge >= 0.3 is 18.4 Å². The number of hydrogen-bond donors (Lipinski definition) is 0. The predicted molar refractivity (Wildman–Crippen MR) is 125 cm³/mol. The summed E-state index contributed by atoms with van der Waals surface area (Å²) in [6.45, 7) is 6.31. The van der Waals surface area contributed by atoms with E-state index in [9.17, 15) is 31.1 Å². The molecule has 1 unspecified atom stereocenters. The van der Waals surface area contributed by atoms with Crippen molar-refractivity contribution in [3.05, 3.63) is 58.2 Å². The fourth-order valence-corrected chi connectivity index (χ4v) is 4.74. The van der Waals surface area contributed by atoms with Crippen LogP contribution in [0.3, 0.4) is 0 Å². The third-order valence-electron chi connectivity index (χ3n) is 6.95. The molecule has 2 atom stereocenters. The summed E-state index contributed by atoms with van der Waals surface area (Å²) in [7, 11) is 0. The summed E-state index contributed by atoms with van der Waals surface area (Å²) >= 11 is 0. The number of ether oxygens (including phenoxy) is 1. The molecule has 1 amide bonds.